The average Bonchev–Trinajstić information content (AvgIpc) is 2.78. The van der Waals surface area contributed by atoms with Crippen LogP contribution in [-0.2, 0) is 6.54 Å². The summed E-state index contributed by atoms with van der Waals surface area (Å²) in [7, 11) is 0. The van der Waals surface area contributed by atoms with Gasteiger partial charge in [-0.05, 0) is 53.5 Å². The van der Waals surface area contributed by atoms with E-state index in [0.29, 0.717) is 0 Å². The van der Waals surface area contributed by atoms with Crippen LogP contribution in [0.1, 0.15) is 26.7 Å². The molecule has 1 aromatic carbocycles. The fourth-order valence-electron chi connectivity index (χ4n) is 2.02. The van der Waals surface area contributed by atoms with Crippen LogP contribution >= 0.6 is 22.6 Å². The third-order valence-corrected chi connectivity index (χ3v) is 3.72. The maximum atomic E-state index is 4.47. The summed E-state index contributed by atoms with van der Waals surface area (Å²) in [6.07, 6.45) is 6.45. The maximum Gasteiger partial charge on any atom is 0.139 e. The largest absolute Gasteiger partial charge is 0.331 e. The SMILES string of the molecule is CC(C)CCCn1ccnc1-c1ccc(I)cc1. The lowest BCUT2D eigenvalue weighted by molar-refractivity contribution is 0.514. The van der Waals surface area contributed by atoms with Crippen molar-refractivity contribution < 1.29 is 0 Å². The molecule has 0 atom stereocenters. The Balaban J connectivity index is 2.10. The molecule has 0 saturated heterocycles. The van der Waals surface area contributed by atoms with Crippen LogP contribution in [0.15, 0.2) is 36.7 Å². The second-order valence-electron chi connectivity index (χ2n) is 4.99. The molecule has 0 aliphatic carbocycles. The number of aromatic nitrogens is 2. The molecule has 0 fully saturated rings. The van der Waals surface area contributed by atoms with E-state index in [1.807, 2.05) is 6.20 Å². The van der Waals surface area contributed by atoms with Crippen LogP contribution in [0.2, 0.25) is 0 Å². The lowest BCUT2D eigenvalue weighted by Crippen LogP contribution is -2.01. The molecule has 2 aromatic rings. The molecule has 3 heteroatoms. The minimum atomic E-state index is 0.773. The number of hydrogen-bond donors (Lipinski definition) is 0. The van der Waals surface area contributed by atoms with Crippen molar-refractivity contribution in [2.75, 3.05) is 0 Å². The van der Waals surface area contributed by atoms with Gasteiger partial charge in [-0.1, -0.05) is 26.0 Å². The summed E-state index contributed by atoms with van der Waals surface area (Å²) in [5.74, 6) is 1.85. The van der Waals surface area contributed by atoms with Crippen LogP contribution in [-0.4, -0.2) is 9.55 Å². The average molecular weight is 354 g/mol. The molecule has 2 rings (SSSR count). The van der Waals surface area contributed by atoms with Crippen molar-refractivity contribution in [1.29, 1.82) is 0 Å². The van der Waals surface area contributed by atoms with Gasteiger partial charge in [0.2, 0.25) is 0 Å². The summed E-state index contributed by atoms with van der Waals surface area (Å²) in [5, 5.41) is 0. The number of halogens is 1. The zero-order valence-corrected chi connectivity index (χ0v) is 13.1. The molecule has 0 saturated carbocycles. The Morgan fingerprint density at radius 3 is 2.61 bits per heavy atom. The van der Waals surface area contributed by atoms with Gasteiger partial charge >= 0.3 is 0 Å². The van der Waals surface area contributed by atoms with Gasteiger partial charge in [0, 0.05) is 28.1 Å². The number of imidazole rings is 1. The van der Waals surface area contributed by atoms with E-state index < -0.39 is 0 Å². The first-order valence-corrected chi connectivity index (χ1v) is 7.52. The number of nitrogens with zero attached hydrogens (tertiary/aromatic N) is 2. The number of aryl methyl sites for hydroxylation is 1. The maximum absolute atomic E-state index is 4.47. The van der Waals surface area contributed by atoms with E-state index in [-0.39, 0.29) is 0 Å². The van der Waals surface area contributed by atoms with Crippen molar-refractivity contribution in [3.05, 3.63) is 40.2 Å². The van der Waals surface area contributed by atoms with Crippen LogP contribution < -0.4 is 0 Å². The molecule has 1 heterocycles. The van der Waals surface area contributed by atoms with E-state index in [1.54, 1.807) is 0 Å². The summed E-state index contributed by atoms with van der Waals surface area (Å²) in [6.45, 7) is 5.60. The van der Waals surface area contributed by atoms with E-state index in [0.717, 1.165) is 18.3 Å². The molecule has 0 amide bonds. The molecule has 2 nitrogen and oxygen atoms in total. The highest BCUT2D eigenvalue weighted by Crippen LogP contribution is 2.19. The Bertz CT molecular complexity index is 485. The second-order valence-corrected chi connectivity index (χ2v) is 6.23. The number of benzene rings is 1. The van der Waals surface area contributed by atoms with Gasteiger partial charge < -0.3 is 4.57 Å². The van der Waals surface area contributed by atoms with Gasteiger partial charge in [-0.2, -0.15) is 0 Å². The Morgan fingerprint density at radius 1 is 1.22 bits per heavy atom. The zero-order chi connectivity index (χ0) is 13.0. The quantitative estimate of drug-likeness (QED) is 0.718. The third kappa shape index (κ3) is 3.57. The molecule has 0 N–H and O–H groups in total. The molecule has 0 aliphatic rings. The van der Waals surface area contributed by atoms with Crippen molar-refractivity contribution in [3.8, 4) is 11.4 Å². The van der Waals surface area contributed by atoms with Crippen LogP contribution in [0.3, 0.4) is 0 Å². The van der Waals surface area contributed by atoms with Gasteiger partial charge in [-0.25, -0.2) is 4.98 Å². The summed E-state index contributed by atoms with van der Waals surface area (Å²) >= 11 is 2.33. The number of hydrogen-bond acceptors (Lipinski definition) is 1. The summed E-state index contributed by atoms with van der Waals surface area (Å²) in [6, 6.07) is 8.54. The summed E-state index contributed by atoms with van der Waals surface area (Å²) in [4.78, 5) is 4.47. The summed E-state index contributed by atoms with van der Waals surface area (Å²) in [5.41, 5.74) is 1.20. The smallest absolute Gasteiger partial charge is 0.139 e. The van der Waals surface area contributed by atoms with Crippen molar-refractivity contribution >= 4 is 22.6 Å². The summed E-state index contributed by atoms with van der Waals surface area (Å²) < 4.78 is 3.51. The molecular weight excluding hydrogens is 335 g/mol. The molecule has 0 aliphatic heterocycles. The van der Waals surface area contributed by atoms with Crippen LogP contribution in [0, 0.1) is 9.49 Å². The molecule has 0 bridgehead atoms. The van der Waals surface area contributed by atoms with Crippen LogP contribution in [0.25, 0.3) is 11.4 Å². The Kier molecular flexibility index (Phi) is 4.80. The monoisotopic (exact) mass is 354 g/mol. The van der Waals surface area contributed by atoms with E-state index in [9.17, 15) is 0 Å². The predicted molar refractivity (Wildman–Crippen MR) is 84.5 cm³/mol. The van der Waals surface area contributed by atoms with Gasteiger partial charge in [0.15, 0.2) is 0 Å². The highest BCUT2D eigenvalue weighted by molar-refractivity contribution is 14.1. The standard InChI is InChI=1S/C15H19IN2/c1-12(2)4-3-10-18-11-9-17-15(18)13-5-7-14(16)8-6-13/h5-9,11-12H,3-4,10H2,1-2H3. The first-order valence-electron chi connectivity index (χ1n) is 6.44. The molecular formula is C15H19IN2. The molecule has 96 valence electrons. The first-order chi connectivity index (χ1) is 8.66. The second kappa shape index (κ2) is 6.36. The topological polar surface area (TPSA) is 17.8 Å². The Labute approximate surface area is 123 Å². The van der Waals surface area contributed by atoms with Gasteiger partial charge in [0.25, 0.3) is 0 Å². The van der Waals surface area contributed by atoms with Crippen molar-refractivity contribution in [3.63, 3.8) is 0 Å². The first kappa shape index (κ1) is 13.6. The van der Waals surface area contributed by atoms with E-state index in [4.69, 9.17) is 0 Å². The van der Waals surface area contributed by atoms with Gasteiger partial charge in [-0.15, -0.1) is 0 Å². The van der Waals surface area contributed by atoms with Crippen molar-refractivity contribution in [2.24, 2.45) is 5.92 Å². The van der Waals surface area contributed by atoms with E-state index in [1.165, 1.54) is 22.0 Å². The van der Waals surface area contributed by atoms with Crippen LogP contribution in [0.4, 0.5) is 0 Å². The normalized spacial score (nSPS) is 11.1. The van der Waals surface area contributed by atoms with Gasteiger partial charge in [0.1, 0.15) is 5.82 Å². The van der Waals surface area contributed by atoms with Crippen molar-refractivity contribution in [1.82, 2.24) is 9.55 Å². The van der Waals surface area contributed by atoms with E-state index in [2.05, 4.69) is 76.5 Å². The van der Waals surface area contributed by atoms with Crippen LogP contribution in [0.5, 0.6) is 0 Å². The fourth-order valence-corrected chi connectivity index (χ4v) is 2.38. The Hall–Kier alpha value is -0.840. The third-order valence-electron chi connectivity index (χ3n) is 3.00. The minimum Gasteiger partial charge on any atom is -0.331 e. The molecule has 1 aromatic heterocycles. The highest BCUT2D eigenvalue weighted by Gasteiger charge is 2.05. The molecule has 0 spiro atoms. The zero-order valence-electron chi connectivity index (χ0n) is 10.9. The Morgan fingerprint density at radius 2 is 1.94 bits per heavy atom. The van der Waals surface area contributed by atoms with Gasteiger partial charge in [-0.3, -0.25) is 0 Å². The van der Waals surface area contributed by atoms with E-state index >= 15 is 0 Å². The number of rotatable bonds is 5. The van der Waals surface area contributed by atoms with Crippen molar-refractivity contribution in [2.45, 2.75) is 33.2 Å². The minimum absolute atomic E-state index is 0.773. The predicted octanol–water partition coefficient (Wildman–Crippen LogP) is 4.59. The lowest BCUT2D eigenvalue weighted by atomic mass is 10.1. The molecule has 0 radical (unpaired) electrons. The molecule has 0 unspecified atom stereocenters. The highest BCUT2D eigenvalue weighted by atomic mass is 127. The lowest BCUT2D eigenvalue weighted by Gasteiger charge is -2.09. The fraction of sp³-hybridized carbons (Fsp3) is 0.400. The van der Waals surface area contributed by atoms with Gasteiger partial charge in [0.05, 0.1) is 0 Å². The molecule has 18 heavy (non-hydrogen) atoms.